The molecule has 0 aliphatic carbocycles. The molecular formula is C24H19F3N2O4. The molecule has 3 aromatic carbocycles. The summed E-state index contributed by atoms with van der Waals surface area (Å²) in [4.78, 5) is 35.6. The third kappa shape index (κ3) is 6.67. The smallest absolute Gasteiger partial charge is 0.416 e. The monoisotopic (exact) mass is 456 g/mol. The minimum absolute atomic E-state index is 0.114. The summed E-state index contributed by atoms with van der Waals surface area (Å²) in [6.07, 6.45) is -4.46. The van der Waals surface area contributed by atoms with E-state index >= 15 is 0 Å². The van der Waals surface area contributed by atoms with Crippen molar-refractivity contribution in [2.24, 2.45) is 0 Å². The molecule has 0 spiro atoms. The normalized spacial score (nSPS) is 10.9. The van der Waals surface area contributed by atoms with Crippen LogP contribution in [0, 0.1) is 0 Å². The summed E-state index contributed by atoms with van der Waals surface area (Å²) in [7, 11) is 0. The molecule has 0 aliphatic rings. The van der Waals surface area contributed by atoms with Crippen LogP contribution in [0.15, 0.2) is 72.8 Å². The third-order valence-corrected chi connectivity index (χ3v) is 4.50. The van der Waals surface area contributed by atoms with Crippen molar-refractivity contribution < 1.29 is 32.3 Å². The molecule has 0 atom stereocenters. The largest absolute Gasteiger partial charge is 0.427 e. The molecule has 9 heteroatoms. The third-order valence-electron chi connectivity index (χ3n) is 4.50. The van der Waals surface area contributed by atoms with E-state index in [-0.39, 0.29) is 17.9 Å². The van der Waals surface area contributed by atoms with Crippen molar-refractivity contribution in [3.63, 3.8) is 0 Å². The van der Waals surface area contributed by atoms with Gasteiger partial charge >= 0.3 is 12.1 Å². The maximum Gasteiger partial charge on any atom is 0.416 e. The summed E-state index contributed by atoms with van der Waals surface area (Å²) in [6, 6.07) is 16.8. The van der Waals surface area contributed by atoms with Gasteiger partial charge in [0.05, 0.1) is 5.56 Å². The Morgan fingerprint density at radius 1 is 0.848 bits per heavy atom. The van der Waals surface area contributed by atoms with Crippen molar-refractivity contribution >= 4 is 23.5 Å². The van der Waals surface area contributed by atoms with Crippen LogP contribution in [0.4, 0.5) is 18.9 Å². The zero-order valence-corrected chi connectivity index (χ0v) is 17.4. The number of carbonyl (C=O) groups is 3. The van der Waals surface area contributed by atoms with Crippen LogP contribution in [0.5, 0.6) is 5.75 Å². The fourth-order valence-corrected chi connectivity index (χ4v) is 2.87. The van der Waals surface area contributed by atoms with Gasteiger partial charge in [0.15, 0.2) is 0 Å². The van der Waals surface area contributed by atoms with Gasteiger partial charge in [-0.1, -0.05) is 18.2 Å². The van der Waals surface area contributed by atoms with E-state index in [0.717, 1.165) is 29.8 Å². The van der Waals surface area contributed by atoms with Crippen molar-refractivity contribution in [1.82, 2.24) is 5.32 Å². The molecule has 0 saturated heterocycles. The molecule has 0 unspecified atom stereocenters. The molecule has 0 radical (unpaired) electrons. The number of benzene rings is 3. The van der Waals surface area contributed by atoms with E-state index < -0.39 is 29.5 Å². The lowest BCUT2D eigenvalue weighted by molar-refractivity contribution is -0.137. The molecular weight excluding hydrogens is 437 g/mol. The highest BCUT2D eigenvalue weighted by atomic mass is 19.4. The number of hydrogen-bond acceptors (Lipinski definition) is 4. The number of anilines is 1. The highest BCUT2D eigenvalue weighted by Crippen LogP contribution is 2.29. The quantitative estimate of drug-likeness (QED) is 0.412. The molecule has 0 bridgehead atoms. The van der Waals surface area contributed by atoms with Crippen molar-refractivity contribution in [1.29, 1.82) is 0 Å². The Balaban J connectivity index is 1.55. The summed E-state index contributed by atoms with van der Waals surface area (Å²) in [6.45, 7) is 1.42. The fourth-order valence-electron chi connectivity index (χ4n) is 2.87. The molecule has 0 fully saturated rings. The molecule has 0 saturated carbocycles. The van der Waals surface area contributed by atoms with E-state index in [2.05, 4.69) is 10.6 Å². The van der Waals surface area contributed by atoms with Crippen LogP contribution in [0.2, 0.25) is 0 Å². The fraction of sp³-hybridized carbons (Fsp3) is 0.125. The summed E-state index contributed by atoms with van der Waals surface area (Å²) >= 11 is 0. The van der Waals surface area contributed by atoms with E-state index in [1.54, 1.807) is 42.5 Å². The maximum absolute atomic E-state index is 12.6. The first kappa shape index (κ1) is 23.5. The Morgan fingerprint density at radius 2 is 1.52 bits per heavy atom. The van der Waals surface area contributed by atoms with Crippen molar-refractivity contribution in [2.45, 2.75) is 19.6 Å². The Hall–Kier alpha value is -4.14. The standard InChI is InChI=1S/C24H19F3N2O4/c1-15(30)33-21-4-2-3-18(13-21)23(32)29-20-11-5-16(6-12-20)14-28-22(31)17-7-9-19(10-8-17)24(25,26)27/h2-13H,14H2,1H3,(H,28,31)(H,29,32). The topological polar surface area (TPSA) is 84.5 Å². The molecule has 2 N–H and O–H groups in total. The second-order valence-corrected chi connectivity index (χ2v) is 7.03. The lowest BCUT2D eigenvalue weighted by atomic mass is 10.1. The van der Waals surface area contributed by atoms with Crippen LogP contribution in [-0.4, -0.2) is 17.8 Å². The van der Waals surface area contributed by atoms with Crippen LogP contribution in [0.25, 0.3) is 0 Å². The van der Waals surface area contributed by atoms with Gasteiger partial charge in [-0.2, -0.15) is 13.2 Å². The number of halogens is 3. The molecule has 0 heterocycles. The summed E-state index contributed by atoms with van der Waals surface area (Å²) in [5.41, 5.74) is 0.833. The second kappa shape index (κ2) is 9.99. The summed E-state index contributed by atoms with van der Waals surface area (Å²) < 4.78 is 42.8. The molecule has 0 aliphatic heterocycles. The number of alkyl halides is 3. The van der Waals surface area contributed by atoms with Crippen LogP contribution in [-0.2, 0) is 17.5 Å². The van der Waals surface area contributed by atoms with Gasteiger partial charge in [0.25, 0.3) is 11.8 Å². The molecule has 3 aromatic rings. The Labute approximate surface area is 187 Å². The number of carbonyl (C=O) groups excluding carboxylic acids is 3. The zero-order valence-electron chi connectivity index (χ0n) is 17.4. The van der Waals surface area contributed by atoms with E-state index in [0.29, 0.717) is 11.3 Å². The summed E-state index contributed by atoms with van der Waals surface area (Å²) in [5, 5.41) is 5.35. The molecule has 3 rings (SSSR count). The minimum Gasteiger partial charge on any atom is -0.427 e. The van der Waals surface area contributed by atoms with Gasteiger partial charge in [0, 0.05) is 30.3 Å². The van der Waals surface area contributed by atoms with Crippen LogP contribution < -0.4 is 15.4 Å². The average molecular weight is 456 g/mol. The predicted molar refractivity (Wildman–Crippen MR) is 115 cm³/mol. The Kier molecular flexibility index (Phi) is 7.12. The van der Waals surface area contributed by atoms with Crippen molar-refractivity contribution in [3.8, 4) is 5.75 Å². The number of rotatable bonds is 6. The number of esters is 1. The summed E-state index contributed by atoms with van der Waals surface area (Å²) in [5.74, 6) is -1.14. The molecule has 170 valence electrons. The van der Waals surface area contributed by atoms with Crippen molar-refractivity contribution in [3.05, 3.63) is 95.1 Å². The lowest BCUT2D eigenvalue weighted by Gasteiger charge is -2.10. The first-order valence-corrected chi connectivity index (χ1v) is 9.76. The number of ether oxygens (including phenoxy) is 1. The van der Waals surface area contributed by atoms with Crippen LogP contribution in [0.3, 0.4) is 0 Å². The number of amides is 2. The Morgan fingerprint density at radius 3 is 2.12 bits per heavy atom. The SMILES string of the molecule is CC(=O)Oc1cccc(C(=O)Nc2ccc(CNC(=O)c3ccc(C(F)(F)F)cc3)cc2)c1. The van der Waals surface area contributed by atoms with Gasteiger partial charge in [-0.25, -0.2) is 0 Å². The average Bonchev–Trinajstić information content (AvgIpc) is 2.77. The van der Waals surface area contributed by atoms with Gasteiger partial charge < -0.3 is 15.4 Å². The van der Waals surface area contributed by atoms with Gasteiger partial charge in [0.2, 0.25) is 0 Å². The Bertz CT molecular complexity index is 1160. The van der Waals surface area contributed by atoms with Crippen molar-refractivity contribution in [2.75, 3.05) is 5.32 Å². The lowest BCUT2D eigenvalue weighted by Crippen LogP contribution is -2.23. The number of hydrogen-bond donors (Lipinski definition) is 2. The van der Waals surface area contributed by atoms with E-state index in [1.165, 1.54) is 13.0 Å². The van der Waals surface area contributed by atoms with Crippen LogP contribution >= 0.6 is 0 Å². The molecule has 0 aromatic heterocycles. The van der Waals surface area contributed by atoms with Gasteiger partial charge in [0.1, 0.15) is 5.75 Å². The predicted octanol–water partition coefficient (Wildman–Crippen LogP) is 4.81. The van der Waals surface area contributed by atoms with E-state index in [4.69, 9.17) is 4.74 Å². The van der Waals surface area contributed by atoms with Gasteiger partial charge in [-0.05, 0) is 60.2 Å². The first-order valence-electron chi connectivity index (χ1n) is 9.76. The highest BCUT2D eigenvalue weighted by Gasteiger charge is 2.30. The zero-order chi connectivity index (χ0) is 24.0. The highest BCUT2D eigenvalue weighted by molar-refractivity contribution is 6.04. The molecule has 2 amide bonds. The van der Waals surface area contributed by atoms with Crippen LogP contribution in [0.1, 0.15) is 38.8 Å². The van der Waals surface area contributed by atoms with Gasteiger partial charge in [-0.15, -0.1) is 0 Å². The van der Waals surface area contributed by atoms with E-state index in [1.807, 2.05) is 0 Å². The number of nitrogens with one attached hydrogen (secondary N) is 2. The second-order valence-electron chi connectivity index (χ2n) is 7.03. The molecule has 33 heavy (non-hydrogen) atoms. The minimum atomic E-state index is -4.46. The first-order chi connectivity index (χ1) is 15.6. The van der Waals surface area contributed by atoms with Gasteiger partial charge in [-0.3, -0.25) is 14.4 Å². The maximum atomic E-state index is 12.6. The molecule has 6 nitrogen and oxygen atoms in total. The van der Waals surface area contributed by atoms with E-state index in [9.17, 15) is 27.6 Å².